The molecule has 0 aromatic heterocycles. The molecule has 0 radical (unpaired) electrons. The van der Waals surface area contributed by atoms with E-state index in [1.807, 2.05) is 0 Å². The molecular weight excluding hydrogens is 413 g/mol. The number of benzene rings is 2. The molecule has 2 N–H and O–H groups in total. The summed E-state index contributed by atoms with van der Waals surface area (Å²) in [5.41, 5.74) is 0.866. The van der Waals surface area contributed by atoms with Crippen LogP contribution in [0.2, 0.25) is 0 Å². The molecule has 0 aliphatic carbocycles. The second kappa shape index (κ2) is 10.5. The lowest BCUT2D eigenvalue weighted by molar-refractivity contribution is -0.274. The van der Waals surface area contributed by atoms with Crippen LogP contribution in [-0.4, -0.2) is 33.1 Å². The number of alkyl halides is 5. The molecule has 0 atom stereocenters. The van der Waals surface area contributed by atoms with Gasteiger partial charge in [-0.25, -0.2) is 0 Å². The minimum Gasteiger partial charge on any atom is -0.493 e. The summed E-state index contributed by atoms with van der Waals surface area (Å²) in [5, 5.41) is 5.80. The molecule has 0 heterocycles. The van der Waals surface area contributed by atoms with Crippen LogP contribution in [0, 0.1) is 0 Å². The number of para-hydroxylation sites is 1. The molecule has 0 saturated heterocycles. The fraction of sp³-hybridized carbons (Fsp3) is 0.316. The van der Waals surface area contributed by atoms with Crippen molar-refractivity contribution < 1.29 is 36.2 Å². The molecular formula is C19H20F5N3O3. The first kappa shape index (κ1) is 23.0. The molecule has 0 spiro atoms. The quantitative estimate of drug-likeness (QED) is 0.374. The van der Waals surface area contributed by atoms with Crippen LogP contribution in [0.5, 0.6) is 17.2 Å². The van der Waals surface area contributed by atoms with Crippen LogP contribution < -0.4 is 24.8 Å². The van der Waals surface area contributed by atoms with E-state index in [4.69, 9.17) is 4.74 Å². The normalized spacial score (nSPS) is 11.9. The second-order valence-electron chi connectivity index (χ2n) is 5.80. The third kappa shape index (κ3) is 7.30. The third-order valence-electron chi connectivity index (χ3n) is 3.77. The Morgan fingerprint density at radius 1 is 1.00 bits per heavy atom. The monoisotopic (exact) mass is 433 g/mol. The standard InChI is InChI=1S/C19H20F5N3O3/c1-25-18(27-11-13-5-3-4-6-14(13)30-19(22,23)24)26-10-12-7-8-15(28-2)16(9-12)29-17(20)21/h3-9,17H,10-11H2,1-2H3,(H2,25,26,27). The third-order valence-corrected chi connectivity index (χ3v) is 3.77. The highest BCUT2D eigenvalue weighted by Crippen LogP contribution is 2.29. The Kier molecular flexibility index (Phi) is 8.07. The number of halogens is 5. The van der Waals surface area contributed by atoms with Gasteiger partial charge >= 0.3 is 13.0 Å². The number of hydrogen-bond donors (Lipinski definition) is 2. The van der Waals surface area contributed by atoms with Gasteiger partial charge in [0.25, 0.3) is 0 Å². The van der Waals surface area contributed by atoms with Gasteiger partial charge in [0.2, 0.25) is 0 Å². The molecule has 0 saturated carbocycles. The highest BCUT2D eigenvalue weighted by Gasteiger charge is 2.31. The van der Waals surface area contributed by atoms with Crippen LogP contribution >= 0.6 is 0 Å². The lowest BCUT2D eigenvalue weighted by Crippen LogP contribution is -2.36. The number of rotatable bonds is 8. The first-order valence-electron chi connectivity index (χ1n) is 8.61. The molecule has 30 heavy (non-hydrogen) atoms. The highest BCUT2D eigenvalue weighted by atomic mass is 19.4. The molecule has 0 aliphatic rings. The SMILES string of the molecule is CN=C(NCc1ccc(OC)c(OC(F)F)c1)NCc1ccccc1OC(F)(F)F. The van der Waals surface area contributed by atoms with Crippen LogP contribution in [0.1, 0.15) is 11.1 Å². The highest BCUT2D eigenvalue weighted by molar-refractivity contribution is 5.79. The number of hydrogen-bond acceptors (Lipinski definition) is 4. The van der Waals surface area contributed by atoms with Crippen molar-refractivity contribution in [1.82, 2.24) is 10.6 Å². The molecule has 0 fully saturated rings. The van der Waals surface area contributed by atoms with E-state index in [0.29, 0.717) is 5.56 Å². The zero-order valence-electron chi connectivity index (χ0n) is 16.1. The summed E-state index contributed by atoms with van der Waals surface area (Å²) >= 11 is 0. The largest absolute Gasteiger partial charge is 0.573 e. The van der Waals surface area contributed by atoms with Gasteiger partial charge in [-0.2, -0.15) is 8.78 Å². The van der Waals surface area contributed by atoms with E-state index in [1.54, 1.807) is 12.1 Å². The van der Waals surface area contributed by atoms with E-state index in [0.717, 1.165) is 0 Å². The van der Waals surface area contributed by atoms with Gasteiger partial charge in [0.05, 0.1) is 7.11 Å². The summed E-state index contributed by atoms with van der Waals surface area (Å²) in [6, 6.07) is 10.2. The maximum absolute atomic E-state index is 12.5. The predicted octanol–water partition coefficient (Wildman–Crippen LogP) is 4.06. The molecule has 11 heteroatoms. The van der Waals surface area contributed by atoms with Crippen molar-refractivity contribution in [2.75, 3.05) is 14.2 Å². The second-order valence-corrected chi connectivity index (χ2v) is 5.80. The van der Waals surface area contributed by atoms with Gasteiger partial charge in [-0.3, -0.25) is 4.99 Å². The van der Waals surface area contributed by atoms with Crippen LogP contribution in [0.15, 0.2) is 47.5 Å². The number of ether oxygens (including phenoxy) is 3. The number of guanidine groups is 1. The molecule has 0 aliphatic heterocycles. The first-order chi connectivity index (χ1) is 14.2. The van der Waals surface area contributed by atoms with E-state index in [-0.39, 0.29) is 41.9 Å². The van der Waals surface area contributed by atoms with Gasteiger partial charge in [-0.1, -0.05) is 24.3 Å². The van der Waals surface area contributed by atoms with E-state index >= 15 is 0 Å². The lowest BCUT2D eigenvalue weighted by Gasteiger charge is -2.16. The smallest absolute Gasteiger partial charge is 0.493 e. The van der Waals surface area contributed by atoms with Crippen LogP contribution in [0.25, 0.3) is 0 Å². The van der Waals surface area contributed by atoms with Crippen molar-refractivity contribution in [1.29, 1.82) is 0 Å². The topological polar surface area (TPSA) is 64.1 Å². The van der Waals surface area contributed by atoms with Gasteiger partial charge in [0.15, 0.2) is 17.5 Å². The summed E-state index contributed by atoms with van der Waals surface area (Å²) < 4.78 is 76.0. The summed E-state index contributed by atoms with van der Waals surface area (Å²) in [6.07, 6.45) is -4.80. The van der Waals surface area contributed by atoms with E-state index < -0.39 is 13.0 Å². The zero-order chi connectivity index (χ0) is 22.1. The Hall–Kier alpha value is -3.24. The Bertz CT molecular complexity index is 860. The van der Waals surface area contributed by atoms with Crippen LogP contribution in [0.3, 0.4) is 0 Å². The predicted molar refractivity (Wildman–Crippen MR) is 99.8 cm³/mol. The average Bonchev–Trinajstić information content (AvgIpc) is 2.68. The van der Waals surface area contributed by atoms with Crippen LogP contribution in [-0.2, 0) is 13.1 Å². The summed E-state index contributed by atoms with van der Waals surface area (Å²) in [5.74, 6) is -0.00310. The van der Waals surface area contributed by atoms with Gasteiger partial charge in [0, 0.05) is 25.7 Å². The minimum atomic E-state index is -4.80. The van der Waals surface area contributed by atoms with Crippen molar-refractivity contribution in [3.8, 4) is 17.2 Å². The molecule has 2 rings (SSSR count). The molecule has 0 amide bonds. The Morgan fingerprint density at radius 2 is 1.70 bits per heavy atom. The van der Waals surface area contributed by atoms with E-state index in [2.05, 4.69) is 25.1 Å². The van der Waals surface area contributed by atoms with Crippen LogP contribution in [0.4, 0.5) is 22.0 Å². The molecule has 6 nitrogen and oxygen atoms in total. The summed E-state index contributed by atoms with van der Waals surface area (Å²) in [4.78, 5) is 3.98. The van der Waals surface area contributed by atoms with Crippen molar-refractivity contribution >= 4 is 5.96 Å². The maximum atomic E-state index is 12.5. The van der Waals surface area contributed by atoms with Crippen molar-refractivity contribution in [2.45, 2.75) is 26.1 Å². The van der Waals surface area contributed by atoms with Crippen molar-refractivity contribution in [3.05, 3.63) is 53.6 Å². The molecule has 164 valence electrons. The van der Waals surface area contributed by atoms with Crippen molar-refractivity contribution in [2.24, 2.45) is 4.99 Å². The van der Waals surface area contributed by atoms with Gasteiger partial charge < -0.3 is 24.8 Å². The van der Waals surface area contributed by atoms with Gasteiger partial charge in [0.1, 0.15) is 5.75 Å². The molecule has 0 bridgehead atoms. The van der Waals surface area contributed by atoms with Gasteiger partial charge in [-0.05, 0) is 23.8 Å². The number of nitrogens with one attached hydrogen (secondary N) is 2. The molecule has 2 aromatic carbocycles. The lowest BCUT2D eigenvalue weighted by atomic mass is 10.2. The Labute approximate surface area is 169 Å². The number of nitrogens with zero attached hydrogens (tertiary/aromatic N) is 1. The number of methoxy groups -OCH3 is 1. The average molecular weight is 433 g/mol. The fourth-order valence-corrected chi connectivity index (χ4v) is 2.48. The van der Waals surface area contributed by atoms with E-state index in [9.17, 15) is 22.0 Å². The minimum absolute atomic E-state index is 0.00822. The fourth-order valence-electron chi connectivity index (χ4n) is 2.48. The molecule has 2 aromatic rings. The zero-order valence-corrected chi connectivity index (χ0v) is 16.1. The Morgan fingerprint density at radius 3 is 2.33 bits per heavy atom. The van der Waals surface area contributed by atoms with Gasteiger partial charge in [-0.15, -0.1) is 13.2 Å². The van der Waals surface area contributed by atoms with Crippen molar-refractivity contribution in [3.63, 3.8) is 0 Å². The summed E-state index contributed by atoms with van der Waals surface area (Å²) in [7, 11) is 2.81. The first-order valence-corrected chi connectivity index (χ1v) is 8.61. The number of aliphatic imine (C=N–C) groups is 1. The molecule has 0 unspecified atom stereocenters. The maximum Gasteiger partial charge on any atom is 0.573 e. The summed E-state index contributed by atoms with van der Waals surface area (Å²) in [6.45, 7) is -2.81. The Balaban J connectivity index is 2.00. The van der Waals surface area contributed by atoms with E-state index in [1.165, 1.54) is 44.5 Å².